The molecule has 19 heteroatoms. The quantitative estimate of drug-likeness (QED) is 0.0395. The minimum Gasteiger partial charge on any atom is -0.726 e. The summed E-state index contributed by atoms with van der Waals surface area (Å²) < 4.78 is 62.6. The van der Waals surface area contributed by atoms with Crippen molar-refractivity contribution in [2.75, 3.05) is 19.8 Å². The summed E-state index contributed by atoms with van der Waals surface area (Å²) in [7, 11) is -4.97. The van der Waals surface area contributed by atoms with Gasteiger partial charge in [0.05, 0.1) is 31.3 Å². The van der Waals surface area contributed by atoms with Crippen molar-refractivity contribution < 1.29 is 111 Å². The minimum absolute atomic E-state index is 0. The first-order valence-corrected chi connectivity index (χ1v) is 23.0. The Morgan fingerprint density at radius 1 is 0.803 bits per heavy atom. The van der Waals surface area contributed by atoms with E-state index in [1.54, 1.807) is 0 Å². The topological polar surface area (TPSA) is 282 Å². The average Bonchev–Trinajstić information content (AvgIpc) is 3.19. The van der Waals surface area contributed by atoms with E-state index in [-0.39, 0.29) is 82.0 Å². The first kappa shape index (κ1) is 50.1. The molecule has 2 heterocycles. The van der Waals surface area contributed by atoms with Gasteiger partial charge in [0.2, 0.25) is 16.7 Å². The Morgan fingerprint density at radius 2 is 1.43 bits per heavy atom. The number of carbonyl (C=O) groups excluding carboxylic acids is 1. The molecule has 6 fully saturated rings. The number of hydrogen-bond donors (Lipinski definition) is 8. The van der Waals surface area contributed by atoms with Crippen LogP contribution in [0.15, 0.2) is 11.6 Å². The van der Waals surface area contributed by atoms with Gasteiger partial charge in [0, 0.05) is 5.41 Å². The van der Waals surface area contributed by atoms with Gasteiger partial charge >= 0.3 is 35.5 Å². The second-order valence-corrected chi connectivity index (χ2v) is 21.5. The zero-order valence-corrected chi connectivity index (χ0v) is 39.3. The zero-order valence-electron chi connectivity index (χ0n) is 36.5. The van der Waals surface area contributed by atoms with Gasteiger partial charge in [0.15, 0.2) is 6.29 Å². The molecule has 0 amide bonds. The van der Waals surface area contributed by atoms with Crippen LogP contribution < -0.4 is 29.6 Å². The molecule has 0 aromatic carbocycles. The van der Waals surface area contributed by atoms with Crippen molar-refractivity contribution in [2.45, 2.75) is 167 Å². The summed E-state index contributed by atoms with van der Waals surface area (Å²) in [5.74, 6) is -0.443. The summed E-state index contributed by atoms with van der Waals surface area (Å²) in [6, 6.07) is 0. The summed E-state index contributed by atoms with van der Waals surface area (Å²) in [5, 5.41) is 84.5. The van der Waals surface area contributed by atoms with Crippen LogP contribution in [0.5, 0.6) is 0 Å². The molecule has 0 aromatic rings. The molecule has 2 aliphatic heterocycles. The van der Waals surface area contributed by atoms with Crippen molar-refractivity contribution >= 4 is 16.4 Å². The normalized spacial score (nSPS) is 52.3. The van der Waals surface area contributed by atoms with Gasteiger partial charge < -0.3 is 64.4 Å². The smallest absolute Gasteiger partial charge is 0.726 e. The molecule has 21 atom stereocenters. The SMILES string of the molecule is C[C@H]1[C@H](C)CC[C@]2(C(=O)O[C@@H]3O[C@H](CO[C@@H]4O[C@H](CO)[C@@H](O)[C@@H](O)[C@H]4O)[C@@H](O)[C@@H](O)[C@H]3O)CCC3(C)C(=CCC4[C@@]5(C)CC[C@H](O)[C@@](C)(COS(=O)(=O)[O-])C5CC[C@]43C)[C@H]12.[Na+]. The van der Waals surface area contributed by atoms with Gasteiger partial charge in [-0.2, -0.15) is 0 Å². The molecule has 7 aliphatic rings. The van der Waals surface area contributed by atoms with Crippen molar-refractivity contribution in [1.29, 1.82) is 0 Å². The van der Waals surface area contributed by atoms with Crippen LogP contribution in [0.25, 0.3) is 0 Å². The van der Waals surface area contributed by atoms with Crippen LogP contribution in [-0.2, 0) is 38.3 Å². The molecule has 17 nitrogen and oxygen atoms in total. The Kier molecular flexibility index (Phi) is 14.5. The molecule has 344 valence electrons. The number of hydrogen-bond acceptors (Lipinski definition) is 17. The van der Waals surface area contributed by atoms with Crippen molar-refractivity contribution in [3.8, 4) is 0 Å². The summed E-state index contributed by atoms with van der Waals surface area (Å²) >= 11 is 0. The second-order valence-electron chi connectivity index (χ2n) is 20.5. The van der Waals surface area contributed by atoms with Crippen molar-refractivity contribution in [3.63, 3.8) is 0 Å². The molecular formula is C42H67NaO17S. The number of ether oxygens (including phenoxy) is 4. The molecule has 0 bridgehead atoms. The molecule has 3 unspecified atom stereocenters. The standard InChI is InChI=1S/C42H68O17S.Na/c1-20-9-14-42(37(51)59-36-34(50)32(48)30(46)24(58-36)18-55-35-33(49)31(47)29(45)23(17-43)57-35)16-15-40(5)22(28(42)21(20)2)7-8-26-38(3)12-11-27(44)39(4,19-56-60(52,53)54)25(38)10-13-41(26,40)6;/h7,20-21,23-36,43-50H,8-19H2,1-6H3,(H,52,53,54);/q;+1/p-1/t20-,21+,23-,24-,25?,26?,27+,28+,29-,30-,31-,32-,33-,34-,35-,36+,38+,39+,40?,41-,42+;/m1./s1. The molecule has 5 aliphatic carbocycles. The van der Waals surface area contributed by atoms with E-state index in [9.17, 15) is 58.6 Å². The van der Waals surface area contributed by atoms with E-state index in [1.165, 1.54) is 5.57 Å². The Hall–Kier alpha value is -0.360. The van der Waals surface area contributed by atoms with Crippen LogP contribution in [0.3, 0.4) is 0 Å². The number of allylic oxidation sites excluding steroid dienone is 2. The second kappa shape index (κ2) is 17.7. The maximum absolute atomic E-state index is 14.9. The fourth-order valence-electron chi connectivity index (χ4n) is 13.8. The summed E-state index contributed by atoms with van der Waals surface area (Å²) in [5.41, 5.74) is -1.65. The van der Waals surface area contributed by atoms with Crippen LogP contribution in [0.1, 0.15) is 99.3 Å². The molecule has 0 radical (unpaired) electrons. The predicted molar refractivity (Wildman–Crippen MR) is 207 cm³/mol. The van der Waals surface area contributed by atoms with Crippen molar-refractivity contribution in [1.82, 2.24) is 0 Å². The van der Waals surface area contributed by atoms with E-state index < -0.39 is 108 Å². The molecular weight excluding hydrogens is 832 g/mol. The van der Waals surface area contributed by atoms with E-state index in [1.807, 2.05) is 6.92 Å². The third-order valence-corrected chi connectivity index (χ3v) is 18.3. The third kappa shape index (κ3) is 8.08. The van der Waals surface area contributed by atoms with Crippen LogP contribution in [0.2, 0.25) is 0 Å². The van der Waals surface area contributed by atoms with Gasteiger partial charge in [-0.05, 0) is 104 Å². The first-order chi connectivity index (χ1) is 27.9. The number of carbonyl (C=O) groups is 1. The number of aliphatic hydroxyl groups excluding tert-OH is 8. The van der Waals surface area contributed by atoms with Gasteiger partial charge in [-0.15, -0.1) is 0 Å². The number of fused-ring (bicyclic) bond motifs is 7. The van der Waals surface area contributed by atoms with E-state index in [0.717, 1.165) is 19.3 Å². The molecule has 0 spiro atoms. The fraction of sp³-hybridized carbons (Fsp3) is 0.929. The Bertz CT molecular complexity index is 1750. The van der Waals surface area contributed by atoms with Crippen molar-refractivity contribution in [2.24, 2.45) is 56.7 Å². The number of rotatable bonds is 9. The van der Waals surface area contributed by atoms with Gasteiger partial charge in [-0.1, -0.05) is 53.2 Å². The number of esters is 1. The summed E-state index contributed by atoms with van der Waals surface area (Å²) in [6.45, 7) is 11.5. The van der Waals surface area contributed by atoms with Crippen LogP contribution in [0, 0.1) is 56.7 Å². The largest absolute Gasteiger partial charge is 1.00 e. The van der Waals surface area contributed by atoms with Gasteiger partial charge in [0.25, 0.3) is 0 Å². The van der Waals surface area contributed by atoms with E-state index >= 15 is 0 Å². The van der Waals surface area contributed by atoms with Gasteiger partial charge in [-0.3, -0.25) is 8.98 Å². The molecule has 61 heavy (non-hydrogen) atoms. The maximum Gasteiger partial charge on any atom is 1.00 e. The molecule has 7 rings (SSSR count). The maximum atomic E-state index is 14.9. The average molecular weight is 899 g/mol. The van der Waals surface area contributed by atoms with E-state index in [0.29, 0.717) is 38.5 Å². The first-order valence-electron chi connectivity index (χ1n) is 21.7. The number of aliphatic hydroxyl groups is 8. The Labute approximate surface area is 380 Å². The Morgan fingerprint density at radius 3 is 2.07 bits per heavy atom. The molecule has 2 saturated heterocycles. The molecule has 8 N–H and O–H groups in total. The summed E-state index contributed by atoms with van der Waals surface area (Å²) in [6.07, 6.45) is -9.09. The van der Waals surface area contributed by atoms with Gasteiger partial charge in [0.1, 0.15) is 48.8 Å². The molecule has 0 aromatic heterocycles. The molecule has 4 saturated carbocycles. The third-order valence-electron chi connectivity index (χ3n) is 17.9. The van der Waals surface area contributed by atoms with E-state index in [4.69, 9.17) is 23.1 Å². The van der Waals surface area contributed by atoms with Crippen LogP contribution in [-0.4, -0.2) is 147 Å². The fourth-order valence-corrected chi connectivity index (χ4v) is 14.2. The Balaban J connectivity index is 0.00000622. The minimum atomic E-state index is -4.97. The van der Waals surface area contributed by atoms with Gasteiger partial charge in [-0.25, -0.2) is 8.42 Å². The monoisotopic (exact) mass is 898 g/mol. The van der Waals surface area contributed by atoms with Crippen molar-refractivity contribution in [3.05, 3.63) is 11.6 Å². The van der Waals surface area contributed by atoms with Crippen LogP contribution >= 0.6 is 0 Å². The van der Waals surface area contributed by atoms with E-state index in [2.05, 4.69) is 40.7 Å². The summed E-state index contributed by atoms with van der Waals surface area (Å²) in [4.78, 5) is 14.9. The van der Waals surface area contributed by atoms with Crippen LogP contribution in [0.4, 0.5) is 0 Å². The predicted octanol–water partition coefficient (Wildman–Crippen LogP) is -2.37. The zero-order chi connectivity index (χ0) is 44.1.